The monoisotopic (exact) mass is 273 g/mol. The zero-order valence-electron chi connectivity index (χ0n) is 10.8. The van der Waals surface area contributed by atoms with Crippen molar-refractivity contribution in [2.45, 2.75) is 37.3 Å². The quantitative estimate of drug-likeness (QED) is 0.815. The number of aliphatic hydroxyl groups is 1. The van der Waals surface area contributed by atoms with Gasteiger partial charge >= 0.3 is 0 Å². The van der Waals surface area contributed by atoms with Gasteiger partial charge in [-0.2, -0.15) is 0 Å². The summed E-state index contributed by atoms with van der Waals surface area (Å²) in [4.78, 5) is 0.181. The van der Waals surface area contributed by atoms with Crippen molar-refractivity contribution in [2.75, 3.05) is 7.11 Å². The molecule has 6 heteroatoms. The highest BCUT2D eigenvalue weighted by molar-refractivity contribution is 7.89. The molecule has 0 aliphatic carbocycles. The van der Waals surface area contributed by atoms with Crippen molar-refractivity contribution in [3.8, 4) is 5.75 Å². The summed E-state index contributed by atoms with van der Waals surface area (Å²) in [5.41, 5.74) is 0. The van der Waals surface area contributed by atoms with E-state index in [0.29, 0.717) is 12.2 Å². The summed E-state index contributed by atoms with van der Waals surface area (Å²) in [5, 5.41) is 9.21. The molecule has 0 bridgehead atoms. The van der Waals surface area contributed by atoms with E-state index in [-0.39, 0.29) is 10.9 Å². The van der Waals surface area contributed by atoms with Gasteiger partial charge in [0.15, 0.2) is 0 Å². The number of ether oxygens (including phenoxy) is 1. The molecule has 0 aliphatic rings. The van der Waals surface area contributed by atoms with E-state index in [1.165, 1.54) is 19.2 Å². The van der Waals surface area contributed by atoms with Crippen LogP contribution < -0.4 is 9.46 Å². The van der Waals surface area contributed by atoms with Crippen molar-refractivity contribution in [3.63, 3.8) is 0 Å². The lowest BCUT2D eigenvalue weighted by Gasteiger charge is -2.15. The Morgan fingerprint density at radius 3 is 2.28 bits per heavy atom. The normalized spacial score (nSPS) is 15.1. The molecule has 0 aromatic heterocycles. The Bertz CT molecular complexity index is 467. The van der Waals surface area contributed by atoms with Gasteiger partial charge in [0.05, 0.1) is 18.1 Å². The number of benzene rings is 1. The van der Waals surface area contributed by atoms with Crippen LogP contribution in [0, 0.1) is 0 Å². The molecule has 0 saturated carbocycles. The van der Waals surface area contributed by atoms with E-state index in [1.54, 1.807) is 26.0 Å². The van der Waals surface area contributed by atoms with E-state index < -0.39 is 16.1 Å². The summed E-state index contributed by atoms with van der Waals surface area (Å²) in [6.07, 6.45) is -0.173. The molecule has 2 N–H and O–H groups in total. The van der Waals surface area contributed by atoms with Crippen LogP contribution in [0.15, 0.2) is 29.2 Å². The predicted molar refractivity (Wildman–Crippen MR) is 69.1 cm³/mol. The van der Waals surface area contributed by atoms with Crippen LogP contribution in [0.4, 0.5) is 0 Å². The van der Waals surface area contributed by atoms with E-state index in [2.05, 4.69) is 4.72 Å². The van der Waals surface area contributed by atoms with Crippen LogP contribution in [0.3, 0.4) is 0 Å². The minimum atomic E-state index is -3.55. The molecule has 0 heterocycles. The summed E-state index contributed by atoms with van der Waals surface area (Å²) in [7, 11) is -2.03. The summed E-state index contributed by atoms with van der Waals surface area (Å²) >= 11 is 0. The van der Waals surface area contributed by atoms with E-state index in [4.69, 9.17) is 4.74 Å². The number of hydrogen-bond acceptors (Lipinski definition) is 4. The number of methoxy groups -OCH3 is 1. The Hall–Kier alpha value is -1.11. The number of nitrogens with one attached hydrogen (secondary N) is 1. The van der Waals surface area contributed by atoms with Crippen LogP contribution in [0.1, 0.15) is 20.3 Å². The lowest BCUT2D eigenvalue weighted by atomic mass is 10.2. The van der Waals surface area contributed by atoms with Gasteiger partial charge < -0.3 is 9.84 Å². The van der Waals surface area contributed by atoms with E-state index in [1.807, 2.05) is 0 Å². The van der Waals surface area contributed by atoms with Crippen LogP contribution in [0.5, 0.6) is 5.75 Å². The van der Waals surface area contributed by atoms with Gasteiger partial charge in [0.25, 0.3) is 0 Å². The molecule has 1 aromatic rings. The number of hydrogen-bond donors (Lipinski definition) is 2. The summed E-state index contributed by atoms with van der Waals surface area (Å²) in [5.74, 6) is 0.603. The smallest absolute Gasteiger partial charge is 0.240 e. The molecule has 102 valence electrons. The van der Waals surface area contributed by atoms with E-state index >= 15 is 0 Å². The van der Waals surface area contributed by atoms with Crippen molar-refractivity contribution < 1.29 is 18.3 Å². The molecule has 1 rings (SSSR count). The topological polar surface area (TPSA) is 75.6 Å². The minimum Gasteiger partial charge on any atom is -0.497 e. The zero-order valence-corrected chi connectivity index (χ0v) is 11.6. The maximum absolute atomic E-state index is 12.0. The van der Waals surface area contributed by atoms with Crippen LogP contribution >= 0.6 is 0 Å². The SMILES string of the molecule is COc1ccc(S(=O)(=O)NC(C)CC(C)O)cc1. The van der Waals surface area contributed by atoms with Gasteiger partial charge in [-0.25, -0.2) is 13.1 Å². The summed E-state index contributed by atoms with van der Waals surface area (Å²) in [6.45, 7) is 3.34. The van der Waals surface area contributed by atoms with Crippen molar-refractivity contribution in [2.24, 2.45) is 0 Å². The van der Waals surface area contributed by atoms with E-state index in [9.17, 15) is 13.5 Å². The predicted octanol–water partition coefficient (Wildman–Crippen LogP) is 1.13. The van der Waals surface area contributed by atoms with Gasteiger partial charge in [0, 0.05) is 6.04 Å². The average Bonchev–Trinajstić information content (AvgIpc) is 2.27. The first-order chi connectivity index (χ1) is 8.35. The lowest BCUT2D eigenvalue weighted by molar-refractivity contribution is 0.175. The molecule has 0 aliphatic heterocycles. The molecule has 1 aromatic carbocycles. The Morgan fingerprint density at radius 2 is 1.83 bits per heavy atom. The molecular formula is C12H19NO4S. The van der Waals surface area contributed by atoms with Gasteiger partial charge in [-0.15, -0.1) is 0 Å². The van der Waals surface area contributed by atoms with Crippen LogP contribution in [0.2, 0.25) is 0 Å². The highest BCUT2D eigenvalue weighted by atomic mass is 32.2. The fraction of sp³-hybridized carbons (Fsp3) is 0.500. The molecule has 0 amide bonds. The van der Waals surface area contributed by atoms with Gasteiger partial charge in [-0.3, -0.25) is 0 Å². The second-order valence-electron chi connectivity index (χ2n) is 4.28. The number of aliphatic hydroxyl groups excluding tert-OH is 1. The van der Waals surface area contributed by atoms with Crippen molar-refractivity contribution in [1.82, 2.24) is 4.72 Å². The molecule has 0 spiro atoms. The molecular weight excluding hydrogens is 254 g/mol. The van der Waals surface area contributed by atoms with Gasteiger partial charge in [0.2, 0.25) is 10.0 Å². The van der Waals surface area contributed by atoms with Crippen molar-refractivity contribution in [1.29, 1.82) is 0 Å². The van der Waals surface area contributed by atoms with E-state index in [0.717, 1.165) is 0 Å². The standard InChI is InChI=1S/C12H19NO4S/c1-9(8-10(2)14)13-18(15,16)12-6-4-11(17-3)5-7-12/h4-7,9-10,13-14H,8H2,1-3H3. The third-order valence-electron chi connectivity index (χ3n) is 2.42. The largest absolute Gasteiger partial charge is 0.497 e. The average molecular weight is 273 g/mol. The molecule has 18 heavy (non-hydrogen) atoms. The molecule has 5 nitrogen and oxygen atoms in total. The summed E-state index contributed by atoms with van der Waals surface area (Å²) < 4.78 is 31.5. The summed E-state index contributed by atoms with van der Waals surface area (Å²) in [6, 6.07) is 5.83. The van der Waals surface area contributed by atoms with Gasteiger partial charge in [0.1, 0.15) is 5.75 Å². The Labute approximate surface area is 108 Å². The van der Waals surface area contributed by atoms with Gasteiger partial charge in [-0.1, -0.05) is 0 Å². The molecule has 2 atom stereocenters. The molecule has 2 unspecified atom stereocenters. The first-order valence-electron chi connectivity index (χ1n) is 5.69. The van der Waals surface area contributed by atoms with Crippen molar-refractivity contribution >= 4 is 10.0 Å². The third-order valence-corrected chi connectivity index (χ3v) is 4.03. The number of sulfonamides is 1. The fourth-order valence-corrected chi connectivity index (χ4v) is 2.90. The molecule has 0 fully saturated rings. The first-order valence-corrected chi connectivity index (χ1v) is 7.18. The maximum atomic E-state index is 12.0. The van der Waals surface area contributed by atoms with Gasteiger partial charge in [-0.05, 0) is 44.5 Å². The second kappa shape index (κ2) is 6.17. The highest BCUT2D eigenvalue weighted by Gasteiger charge is 2.18. The second-order valence-corrected chi connectivity index (χ2v) is 6.00. The fourth-order valence-electron chi connectivity index (χ4n) is 1.65. The first kappa shape index (κ1) is 14.9. The Balaban J connectivity index is 2.79. The number of rotatable bonds is 6. The Morgan fingerprint density at radius 1 is 1.28 bits per heavy atom. The zero-order chi connectivity index (χ0) is 13.8. The highest BCUT2D eigenvalue weighted by Crippen LogP contribution is 2.16. The molecule has 0 radical (unpaired) electrons. The van der Waals surface area contributed by atoms with Crippen LogP contribution in [-0.2, 0) is 10.0 Å². The van der Waals surface area contributed by atoms with Crippen LogP contribution in [0.25, 0.3) is 0 Å². The Kier molecular flexibility index (Phi) is 5.13. The van der Waals surface area contributed by atoms with Crippen molar-refractivity contribution in [3.05, 3.63) is 24.3 Å². The minimum absolute atomic E-state index is 0.181. The maximum Gasteiger partial charge on any atom is 0.240 e. The lowest BCUT2D eigenvalue weighted by Crippen LogP contribution is -2.34. The third kappa shape index (κ3) is 4.29. The molecule has 0 saturated heterocycles. The van der Waals surface area contributed by atoms with Crippen LogP contribution in [-0.4, -0.2) is 32.8 Å².